The van der Waals surface area contributed by atoms with E-state index in [-0.39, 0.29) is 0 Å². The monoisotopic (exact) mass is 440 g/mol. The fraction of sp³-hybridized carbons (Fsp3) is 0. The largest absolute Gasteiger partial charge is 0.569 e. The molecule has 0 spiro atoms. The van der Waals surface area contributed by atoms with Gasteiger partial charge in [-0.2, -0.15) is 0 Å². The van der Waals surface area contributed by atoms with Gasteiger partial charge >= 0.3 is 7.69 Å². The average Bonchev–Trinajstić information content (AvgIpc) is 2.92. The summed E-state index contributed by atoms with van der Waals surface area (Å²) in [7, 11) is 0.709. The van der Waals surface area contributed by atoms with Gasteiger partial charge in [-0.25, -0.2) is 0 Å². The van der Waals surface area contributed by atoms with Crippen molar-refractivity contribution in [2.45, 2.75) is 0 Å². The highest BCUT2D eigenvalue weighted by Crippen LogP contribution is 2.42. The lowest BCUT2D eigenvalue weighted by molar-refractivity contribution is 0.454. The molecular weight excluding hydrogens is 417 g/mol. The molecule has 0 aromatic heterocycles. The van der Waals surface area contributed by atoms with E-state index in [1.54, 1.807) is 0 Å². The summed E-state index contributed by atoms with van der Waals surface area (Å²) in [6.07, 6.45) is 0. The van der Waals surface area contributed by atoms with Crippen molar-refractivity contribution < 1.29 is 9.68 Å². The fourth-order valence-electron chi connectivity index (χ4n) is 4.13. The molecule has 3 nitrogen and oxygen atoms in total. The molecule has 0 amide bonds. The molecule has 0 fully saturated rings. The van der Waals surface area contributed by atoms with Crippen LogP contribution in [0.2, 0.25) is 0 Å². The second-order valence-corrected chi connectivity index (χ2v) is 7.85. The summed E-state index contributed by atoms with van der Waals surface area (Å²) in [5.41, 5.74) is 7.52. The molecule has 163 valence electrons. The number of hydrogen-bond donors (Lipinski definition) is 1. The Balaban J connectivity index is 1.66. The van der Waals surface area contributed by atoms with E-state index in [2.05, 4.69) is 77.7 Å². The van der Waals surface area contributed by atoms with Crippen LogP contribution in [0.1, 0.15) is 0 Å². The van der Waals surface area contributed by atoms with Gasteiger partial charge in [-0.15, -0.1) is 0 Å². The Morgan fingerprint density at radius 2 is 1.06 bits per heavy atom. The molecule has 0 aliphatic rings. The van der Waals surface area contributed by atoms with Crippen molar-refractivity contribution in [1.29, 1.82) is 0 Å². The first-order valence-corrected chi connectivity index (χ1v) is 11.2. The summed E-state index contributed by atoms with van der Waals surface area (Å²) in [6, 6.07) is 45.3. The van der Waals surface area contributed by atoms with Crippen LogP contribution in [-0.4, -0.2) is 12.7 Å². The predicted octanol–water partition coefficient (Wildman–Crippen LogP) is 7.40. The van der Waals surface area contributed by atoms with Crippen LogP contribution in [0.3, 0.4) is 0 Å². The third-order valence-electron chi connectivity index (χ3n) is 5.73. The first-order valence-electron chi connectivity index (χ1n) is 11.2. The van der Waals surface area contributed by atoms with Crippen LogP contribution in [0.25, 0.3) is 22.3 Å². The fourth-order valence-corrected chi connectivity index (χ4v) is 4.13. The first kappa shape index (κ1) is 21.6. The van der Waals surface area contributed by atoms with E-state index in [0.29, 0.717) is 13.4 Å². The van der Waals surface area contributed by atoms with E-state index >= 15 is 0 Å². The number of rotatable bonds is 7. The van der Waals surface area contributed by atoms with Gasteiger partial charge in [0.2, 0.25) is 0 Å². The summed E-state index contributed by atoms with van der Waals surface area (Å²) < 4.78 is 5.29. The summed E-state index contributed by atoms with van der Waals surface area (Å²) in [4.78, 5) is 2.24. The predicted molar refractivity (Wildman–Crippen MR) is 141 cm³/mol. The summed E-state index contributed by atoms with van der Waals surface area (Å²) >= 11 is 0. The van der Waals surface area contributed by atoms with Crippen molar-refractivity contribution in [1.82, 2.24) is 0 Å². The summed E-state index contributed by atoms with van der Waals surface area (Å²) in [5.74, 6) is 0.567. The molecule has 1 N–H and O–H groups in total. The number of benzene rings is 5. The van der Waals surface area contributed by atoms with Gasteiger partial charge in [-0.05, 0) is 59.2 Å². The number of para-hydroxylation sites is 1. The van der Waals surface area contributed by atoms with Crippen LogP contribution in [0.15, 0.2) is 133 Å². The molecule has 1 radical (unpaired) electrons. The molecule has 5 aromatic rings. The zero-order valence-corrected chi connectivity index (χ0v) is 18.6. The minimum absolute atomic E-state index is 0.567. The maximum absolute atomic E-state index is 9.18. The third kappa shape index (κ3) is 4.58. The van der Waals surface area contributed by atoms with Crippen LogP contribution in [0.5, 0.6) is 5.75 Å². The van der Waals surface area contributed by atoms with Gasteiger partial charge in [-0.1, -0.05) is 91.0 Å². The average molecular weight is 440 g/mol. The number of hydrogen-bond acceptors (Lipinski definition) is 3. The van der Waals surface area contributed by atoms with Crippen molar-refractivity contribution in [3.05, 3.63) is 133 Å². The molecule has 0 aliphatic carbocycles. The van der Waals surface area contributed by atoms with Crippen molar-refractivity contribution in [2.24, 2.45) is 0 Å². The highest BCUT2D eigenvalue weighted by atomic mass is 16.5. The normalized spacial score (nSPS) is 10.5. The number of anilines is 3. The van der Waals surface area contributed by atoms with Gasteiger partial charge in [0.15, 0.2) is 0 Å². The van der Waals surface area contributed by atoms with Gasteiger partial charge < -0.3 is 14.6 Å². The van der Waals surface area contributed by atoms with E-state index in [1.807, 2.05) is 60.7 Å². The quantitative estimate of drug-likeness (QED) is 0.268. The molecule has 0 saturated heterocycles. The van der Waals surface area contributed by atoms with Crippen molar-refractivity contribution in [3.8, 4) is 28.0 Å². The molecule has 5 aromatic carbocycles. The SMILES string of the molecule is O[B]Oc1ccc(N(c2ccccc2)c2ccc(-c3ccccc3)cc2)c(-c2ccccc2)c1. The van der Waals surface area contributed by atoms with E-state index in [0.717, 1.165) is 28.2 Å². The highest BCUT2D eigenvalue weighted by molar-refractivity contribution is 6.17. The lowest BCUT2D eigenvalue weighted by atomic mass is 10.0. The zero-order valence-electron chi connectivity index (χ0n) is 18.6. The molecule has 4 heteroatoms. The topological polar surface area (TPSA) is 32.7 Å². The lowest BCUT2D eigenvalue weighted by Gasteiger charge is -2.28. The Morgan fingerprint density at radius 3 is 1.68 bits per heavy atom. The molecular formula is C30H23BNO2. The Labute approximate surface area is 200 Å². The first-order chi connectivity index (χ1) is 16.8. The Morgan fingerprint density at radius 1 is 0.529 bits per heavy atom. The van der Waals surface area contributed by atoms with Gasteiger partial charge in [-0.3, -0.25) is 0 Å². The Bertz CT molecular complexity index is 1340. The Kier molecular flexibility index (Phi) is 6.41. The zero-order chi connectivity index (χ0) is 23.2. The standard InChI is InChI=1S/C30H23BNO2/c33-31-34-28-20-21-30(29(22-28)25-12-6-2-7-13-25)32(26-14-8-3-9-15-26)27-18-16-24(17-19-27)23-10-4-1-5-11-23/h1-22,33H. The van der Waals surface area contributed by atoms with E-state index < -0.39 is 0 Å². The van der Waals surface area contributed by atoms with Crippen LogP contribution < -0.4 is 9.55 Å². The second kappa shape index (κ2) is 10.1. The summed E-state index contributed by atoms with van der Waals surface area (Å²) in [5, 5.41) is 9.18. The van der Waals surface area contributed by atoms with Gasteiger partial charge in [0.05, 0.1) is 5.69 Å². The molecule has 0 heterocycles. The lowest BCUT2D eigenvalue weighted by Crippen LogP contribution is -2.11. The van der Waals surface area contributed by atoms with E-state index in [9.17, 15) is 5.02 Å². The molecule has 0 bridgehead atoms. The minimum atomic E-state index is 0.567. The smallest absolute Gasteiger partial charge is 0.537 e. The van der Waals surface area contributed by atoms with Gasteiger partial charge in [0.25, 0.3) is 0 Å². The second-order valence-electron chi connectivity index (χ2n) is 7.85. The van der Waals surface area contributed by atoms with Crippen molar-refractivity contribution in [3.63, 3.8) is 0 Å². The molecule has 34 heavy (non-hydrogen) atoms. The maximum Gasteiger partial charge on any atom is 0.569 e. The van der Waals surface area contributed by atoms with E-state index in [4.69, 9.17) is 4.65 Å². The highest BCUT2D eigenvalue weighted by Gasteiger charge is 2.18. The Hall–Kier alpha value is -4.28. The molecule has 0 unspecified atom stereocenters. The van der Waals surface area contributed by atoms with Crippen molar-refractivity contribution >= 4 is 24.7 Å². The number of nitrogens with zero attached hydrogens (tertiary/aromatic N) is 1. The molecule has 0 aliphatic heterocycles. The van der Waals surface area contributed by atoms with Crippen molar-refractivity contribution in [2.75, 3.05) is 4.90 Å². The summed E-state index contributed by atoms with van der Waals surface area (Å²) in [6.45, 7) is 0. The third-order valence-corrected chi connectivity index (χ3v) is 5.73. The minimum Gasteiger partial charge on any atom is -0.537 e. The molecule has 0 atom stereocenters. The van der Waals surface area contributed by atoms with E-state index in [1.165, 1.54) is 11.1 Å². The van der Waals surface area contributed by atoms with Gasteiger partial charge in [0, 0.05) is 16.9 Å². The molecule has 0 saturated carbocycles. The van der Waals surface area contributed by atoms with Crippen LogP contribution in [-0.2, 0) is 0 Å². The molecule has 5 rings (SSSR count). The van der Waals surface area contributed by atoms with Crippen LogP contribution in [0.4, 0.5) is 17.1 Å². The maximum atomic E-state index is 9.18. The van der Waals surface area contributed by atoms with Crippen LogP contribution >= 0.6 is 0 Å². The van der Waals surface area contributed by atoms with Gasteiger partial charge in [0.1, 0.15) is 5.75 Å². The van der Waals surface area contributed by atoms with Crippen LogP contribution in [0, 0.1) is 0 Å².